The maximum atomic E-state index is 13.4. The molecule has 2 bridgehead atoms. The SMILES string of the molecule is Cc1cccc(C)c1-c1cc(OC[C@@H](CC23CC(C2)C3)NCc2ccn3cc(C(C)C)nc3n2)nc(NS(=O)(=O)c2cccc(C(=O)O)c2)n1. The second-order valence-corrected chi connectivity index (χ2v) is 15.8. The van der Waals surface area contributed by atoms with Crippen molar-refractivity contribution < 1.29 is 23.1 Å². The van der Waals surface area contributed by atoms with Crippen molar-refractivity contribution in [3.63, 3.8) is 0 Å². The number of hydrogen-bond donors (Lipinski definition) is 3. The Balaban J connectivity index is 1.15. The number of fused-ring (bicyclic) bond motifs is 1. The van der Waals surface area contributed by atoms with Crippen LogP contribution in [0.1, 0.15) is 78.3 Å². The number of imidazole rings is 1. The van der Waals surface area contributed by atoms with Gasteiger partial charge in [-0.15, -0.1) is 0 Å². The second-order valence-electron chi connectivity index (χ2n) is 14.1. The summed E-state index contributed by atoms with van der Waals surface area (Å²) in [4.78, 5) is 29.8. The Kier molecular flexibility index (Phi) is 8.81. The zero-order valence-corrected chi connectivity index (χ0v) is 29.4. The number of rotatable bonds is 14. The number of aryl methyl sites for hydroxylation is 2. The minimum Gasteiger partial charge on any atom is -0.478 e. The molecule has 8 rings (SSSR count). The third-order valence-electron chi connectivity index (χ3n) is 9.90. The molecule has 13 heteroatoms. The van der Waals surface area contributed by atoms with Gasteiger partial charge in [0.25, 0.3) is 10.0 Å². The summed E-state index contributed by atoms with van der Waals surface area (Å²) in [5, 5.41) is 13.1. The van der Waals surface area contributed by atoms with Crippen molar-refractivity contribution in [1.82, 2.24) is 29.7 Å². The first-order valence-corrected chi connectivity index (χ1v) is 18.4. The van der Waals surface area contributed by atoms with Crippen molar-refractivity contribution in [2.45, 2.75) is 76.8 Å². The lowest BCUT2D eigenvalue weighted by atomic mass is 9.43. The molecule has 0 amide bonds. The summed E-state index contributed by atoms with van der Waals surface area (Å²) in [5.41, 5.74) is 5.33. The molecule has 3 aromatic heterocycles. The van der Waals surface area contributed by atoms with Crippen LogP contribution in [0.15, 0.2) is 71.9 Å². The summed E-state index contributed by atoms with van der Waals surface area (Å²) in [6.45, 7) is 8.99. The fraction of sp³-hybridized carbons (Fsp3) is 0.378. The molecule has 12 nitrogen and oxygen atoms in total. The molecule has 50 heavy (non-hydrogen) atoms. The van der Waals surface area contributed by atoms with E-state index in [-0.39, 0.29) is 28.3 Å². The first-order chi connectivity index (χ1) is 23.9. The van der Waals surface area contributed by atoms with Gasteiger partial charge in [-0.05, 0) is 92.2 Å². The standard InChI is InChI=1S/C37H41N7O5S/c1-22(2)31-20-44-12-11-27(39-36(44)41-31)19-38-28(18-37-15-25(16-37)17-37)21-49-32-14-30(33-23(3)7-5-8-24(33)4)40-35(42-32)43-50(47,48)29-10-6-9-26(13-29)34(45)46/h5-14,20,22,25,28,38H,15-19,21H2,1-4H3,(H,45,46)(H,40,42,43)/t25?,28-,37?/m1/s1. The molecule has 0 radical (unpaired) electrons. The Labute approximate surface area is 291 Å². The normalized spacial score (nSPS) is 18.8. The van der Waals surface area contributed by atoms with E-state index in [4.69, 9.17) is 9.72 Å². The zero-order chi connectivity index (χ0) is 35.2. The number of aromatic carboxylic acids is 1. The zero-order valence-electron chi connectivity index (χ0n) is 28.6. The topological polar surface area (TPSA) is 161 Å². The second kappa shape index (κ2) is 13.1. The fourth-order valence-electron chi connectivity index (χ4n) is 7.23. The molecular formula is C37H41N7O5S. The van der Waals surface area contributed by atoms with Gasteiger partial charge >= 0.3 is 5.97 Å². The maximum absolute atomic E-state index is 13.4. The smallest absolute Gasteiger partial charge is 0.335 e. The lowest BCUT2D eigenvalue weighted by Gasteiger charge is -2.63. The van der Waals surface area contributed by atoms with Crippen molar-refractivity contribution in [2.75, 3.05) is 11.3 Å². The molecule has 260 valence electrons. The van der Waals surface area contributed by atoms with Crippen molar-refractivity contribution in [3.05, 3.63) is 95.1 Å². The molecule has 2 aromatic carbocycles. The Bertz CT molecular complexity index is 2160. The average molecular weight is 696 g/mol. The Hall–Kier alpha value is -4.88. The van der Waals surface area contributed by atoms with Gasteiger partial charge in [0, 0.05) is 36.6 Å². The number of anilines is 1. The number of aromatic nitrogens is 5. The minimum atomic E-state index is -4.23. The van der Waals surface area contributed by atoms with Gasteiger partial charge in [0.05, 0.1) is 27.5 Å². The van der Waals surface area contributed by atoms with Crippen LogP contribution in [0.2, 0.25) is 0 Å². The van der Waals surface area contributed by atoms with E-state index in [1.54, 1.807) is 6.07 Å². The monoisotopic (exact) mass is 695 g/mol. The van der Waals surface area contributed by atoms with Crippen LogP contribution < -0.4 is 14.8 Å². The van der Waals surface area contributed by atoms with Gasteiger partial charge in [-0.25, -0.2) is 32.9 Å². The van der Waals surface area contributed by atoms with Gasteiger partial charge in [0.15, 0.2) is 0 Å². The van der Waals surface area contributed by atoms with E-state index in [0.29, 0.717) is 36.0 Å². The van der Waals surface area contributed by atoms with Gasteiger partial charge in [-0.2, -0.15) is 4.98 Å². The highest BCUT2D eigenvalue weighted by Crippen LogP contribution is 2.66. The first-order valence-electron chi connectivity index (χ1n) is 16.9. The number of carbonyl (C=O) groups is 1. The summed E-state index contributed by atoms with van der Waals surface area (Å²) in [6.07, 6.45) is 8.66. The summed E-state index contributed by atoms with van der Waals surface area (Å²) in [5.74, 6) is 0.629. The van der Waals surface area contributed by atoms with E-state index in [0.717, 1.165) is 46.5 Å². The minimum absolute atomic E-state index is 0.0160. The summed E-state index contributed by atoms with van der Waals surface area (Å²) >= 11 is 0. The van der Waals surface area contributed by atoms with Gasteiger partial charge < -0.3 is 15.2 Å². The van der Waals surface area contributed by atoms with Gasteiger partial charge in [-0.3, -0.25) is 4.40 Å². The first kappa shape index (κ1) is 33.6. The van der Waals surface area contributed by atoms with Gasteiger partial charge in [0.2, 0.25) is 17.6 Å². The lowest BCUT2D eigenvalue weighted by molar-refractivity contribution is -0.119. The van der Waals surface area contributed by atoms with Crippen LogP contribution in [0.4, 0.5) is 5.95 Å². The molecule has 3 heterocycles. The third-order valence-corrected chi connectivity index (χ3v) is 11.2. The number of ether oxygens (including phenoxy) is 1. The van der Waals surface area contributed by atoms with E-state index >= 15 is 0 Å². The van der Waals surface area contributed by atoms with Crippen molar-refractivity contribution in [3.8, 4) is 17.1 Å². The average Bonchev–Trinajstić information content (AvgIpc) is 3.47. The number of carboxylic acid groups (broad SMARTS) is 1. The highest BCUT2D eigenvalue weighted by molar-refractivity contribution is 7.92. The Morgan fingerprint density at radius 1 is 1.02 bits per heavy atom. The molecule has 5 aromatic rings. The number of sulfonamides is 1. The number of hydrogen-bond acceptors (Lipinski definition) is 9. The van der Waals surface area contributed by atoms with Crippen LogP contribution in [0.5, 0.6) is 5.88 Å². The molecule has 3 saturated carbocycles. The van der Waals surface area contributed by atoms with E-state index in [2.05, 4.69) is 38.8 Å². The van der Waals surface area contributed by atoms with Gasteiger partial charge in [-0.1, -0.05) is 38.1 Å². The van der Waals surface area contributed by atoms with Crippen molar-refractivity contribution in [1.29, 1.82) is 0 Å². The number of carboxylic acids is 1. The number of nitrogens with zero attached hydrogens (tertiary/aromatic N) is 5. The van der Waals surface area contributed by atoms with Crippen LogP contribution in [0.25, 0.3) is 17.0 Å². The number of nitrogens with one attached hydrogen (secondary N) is 2. The molecule has 0 spiro atoms. The Morgan fingerprint density at radius 2 is 1.76 bits per heavy atom. The van der Waals surface area contributed by atoms with E-state index in [9.17, 15) is 18.3 Å². The predicted molar refractivity (Wildman–Crippen MR) is 189 cm³/mol. The van der Waals surface area contributed by atoms with Crippen LogP contribution in [0, 0.1) is 25.2 Å². The van der Waals surface area contributed by atoms with E-state index in [1.165, 1.54) is 37.5 Å². The summed E-state index contributed by atoms with van der Waals surface area (Å²) in [6, 6.07) is 14.7. The largest absolute Gasteiger partial charge is 0.478 e. The molecule has 0 unspecified atom stereocenters. The third kappa shape index (κ3) is 6.92. The highest BCUT2D eigenvalue weighted by Gasteiger charge is 2.56. The van der Waals surface area contributed by atoms with Gasteiger partial charge in [0.1, 0.15) is 6.61 Å². The lowest BCUT2D eigenvalue weighted by Crippen LogP contribution is -2.55. The molecule has 3 N–H and O–H groups in total. The molecule has 3 fully saturated rings. The molecule has 3 aliphatic rings. The highest BCUT2D eigenvalue weighted by atomic mass is 32.2. The predicted octanol–water partition coefficient (Wildman–Crippen LogP) is 6.15. The molecule has 3 aliphatic carbocycles. The molecule has 0 saturated heterocycles. The van der Waals surface area contributed by atoms with Crippen molar-refractivity contribution >= 4 is 27.7 Å². The Morgan fingerprint density at radius 3 is 2.44 bits per heavy atom. The van der Waals surface area contributed by atoms with Crippen LogP contribution in [-0.2, 0) is 16.6 Å². The summed E-state index contributed by atoms with van der Waals surface area (Å²) in [7, 11) is -4.23. The molecule has 1 atom stereocenters. The van der Waals surface area contributed by atoms with E-state index < -0.39 is 16.0 Å². The quantitative estimate of drug-likeness (QED) is 0.123. The van der Waals surface area contributed by atoms with Crippen LogP contribution >= 0.6 is 0 Å². The fourth-order valence-corrected chi connectivity index (χ4v) is 8.21. The molecular weight excluding hydrogens is 655 g/mol. The van der Waals surface area contributed by atoms with Crippen LogP contribution in [-0.4, -0.2) is 56.5 Å². The number of benzene rings is 2. The van der Waals surface area contributed by atoms with E-state index in [1.807, 2.05) is 54.9 Å². The van der Waals surface area contributed by atoms with Crippen LogP contribution in [0.3, 0.4) is 0 Å². The summed E-state index contributed by atoms with van der Waals surface area (Å²) < 4.78 is 37.6. The van der Waals surface area contributed by atoms with Crippen molar-refractivity contribution in [2.24, 2.45) is 11.3 Å². The maximum Gasteiger partial charge on any atom is 0.335 e. The molecule has 0 aliphatic heterocycles.